The number of likely N-dealkylation sites (N-methyl/N-ethyl adjacent to an activating group) is 1. The van der Waals surface area contributed by atoms with E-state index in [-0.39, 0.29) is 41.4 Å². The number of hydrogen-bond donors (Lipinski definition) is 2. The van der Waals surface area contributed by atoms with Crippen molar-refractivity contribution in [3.63, 3.8) is 0 Å². The second-order valence-corrected chi connectivity index (χ2v) is 14.1. The zero-order valence-electron chi connectivity index (χ0n) is 25.3. The Hall–Kier alpha value is -1.97. The van der Waals surface area contributed by atoms with Gasteiger partial charge in [0.15, 0.2) is 5.78 Å². The average molecular weight is 576 g/mol. The smallest absolute Gasteiger partial charge is 0.481 e. The van der Waals surface area contributed by atoms with Gasteiger partial charge in [-0.05, 0) is 94.7 Å². The molecule has 0 spiro atoms. The summed E-state index contributed by atoms with van der Waals surface area (Å²) in [6, 6.07) is 0.205. The number of carbonyl (C=O) groups excluding carboxylic acids is 1. The highest BCUT2D eigenvalue weighted by Gasteiger charge is 2.64. The first kappa shape index (κ1) is 30.5. The molecule has 1 saturated heterocycles. The Kier molecular flexibility index (Phi) is 8.89. The second-order valence-electron chi connectivity index (χ2n) is 14.1. The molecule has 5 rings (SSSR count). The van der Waals surface area contributed by atoms with Gasteiger partial charge in [0, 0.05) is 23.3 Å². The minimum Gasteiger partial charge on any atom is -0.481 e. The molecular weight excluding hydrogens is 526 g/mol. The molecule has 11 atom stereocenters. The third-order valence-electron chi connectivity index (χ3n) is 11.4. The van der Waals surface area contributed by atoms with E-state index >= 15 is 0 Å². The summed E-state index contributed by atoms with van der Waals surface area (Å²) in [4.78, 5) is 40.5. The molecule has 0 radical (unpaired) electrons. The average Bonchev–Trinajstić information content (AvgIpc) is 2.89. The number of hydrogen-bond acceptors (Lipinski definition) is 7. The van der Waals surface area contributed by atoms with Crippen LogP contribution < -0.4 is 0 Å². The van der Waals surface area contributed by atoms with E-state index in [1.54, 1.807) is 6.08 Å². The van der Waals surface area contributed by atoms with Crippen molar-refractivity contribution in [2.24, 2.45) is 52.8 Å². The van der Waals surface area contributed by atoms with Gasteiger partial charge in [-0.1, -0.05) is 26.3 Å². The fourth-order valence-corrected chi connectivity index (χ4v) is 9.74. The maximum atomic E-state index is 13.9. The number of fused-ring (bicyclic) bond motifs is 3. The summed E-state index contributed by atoms with van der Waals surface area (Å²) in [6.45, 7) is 7.73. The van der Waals surface area contributed by atoms with E-state index in [0.29, 0.717) is 32.2 Å². The van der Waals surface area contributed by atoms with Gasteiger partial charge in [0.2, 0.25) is 0 Å². The van der Waals surface area contributed by atoms with Crippen LogP contribution in [0.5, 0.6) is 0 Å². The normalized spacial score (nSPS) is 40.7. The fourth-order valence-electron chi connectivity index (χ4n) is 9.74. The number of ketones is 1. The van der Waals surface area contributed by atoms with E-state index in [1.165, 1.54) is 0 Å². The van der Waals surface area contributed by atoms with Crippen LogP contribution in [-0.4, -0.2) is 85.2 Å². The minimum absolute atomic E-state index is 0.000864. The molecule has 1 heterocycles. The molecule has 2 N–H and O–H groups in total. The lowest BCUT2D eigenvalue weighted by molar-refractivity contribution is -0.219. The molecule has 230 valence electrons. The predicted octanol–water partition coefficient (Wildman–Crippen LogP) is 4.74. The van der Waals surface area contributed by atoms with Crippen LogP contribution in [0.15, 0.2) is 11.6 Å². The Labute approximate surface area is 244 Å². The fraction of sp³-hybridized carbons (Fsp3) is 0.844. The van der Waals surface area contributed by atoms with Crippen LogP contribution in [0.3, 0.4) is 0 Å². The van der Waals surface area contributed by atoms with Crippen LogP contribution in [0.2, 0.25) is 0 Å². The van der Waals surface area contributed by atoms with Crippen LogP contribution in [0, 0.1) is 52.8 Å². The van der Waals surface area contributed by atoms with Gasteiger partial charge in [-0.3, -0.25) is 9.59 Å². The molecule has 5 aliphatic rings. The third kappa shape index (κ3) is 5.47. The SMILES string of the molecule is CCC(CO[C@@H]1C2COC[C@]3(C[C@H]1OC(=O)O)C1=CC(=O)C4C(CCC(CC(C)C)[C@H]4C(=O)O)C1CCC23)N(C)C. The van der Waals surface area contributed by atoms with Crippen LogP contribution in [-0.2, 0) is 23.8 Å². The lowest BCUT2D eigenvalue weighted by Gasteiger charge is -2.62. The van der Waals surface area contributed by atoms with Crippen LogP contribution in [0.25, 0.3) is 0 Å². The van der Waals surface area contributed by atoms with E-state index < -0.39 is 41.6 Å². The first-order valence-corrected chi connectivity index (χ1v) is 15.7. The highest BCUT2D eigenvalue weighted by Crippen LogP contribution is 2.64. The standard InChI is InChI=1S/C32H49NO8/c1-6-19(33(4)5)14-40-29-22-15-39-16-32(13-26(29)41-31(37)38)23(22)10-9-20-21-8-7-18(11-17(2)3)27(30(35)36)28(21)25(34)12-24(20)32/h12,17-23,26-29H,6-11,13-16H2,1-5H3,(H,35,36)(H,37,38)/t18?,19?,20?,21?,22?,23?,26-,27-,28?,29-,32+/m1/s1. The predicted molar refractivity (Wildman–Crippen MR) is 151 cm³/mol. The summed E-state index contributed by atoms with van der Waals surface area (Å²) < 4.78 is 18.3. The van der Waals surface area contributed by atoms with Crippen molar-refractivity contribution in [1.29, 1.82) is 0 Å². The minimum atomic E-state index is -1.31. The molecule has 0 amide bonds. The molecule has 2 bridgehead atoms. The molecule has 4 fully saturated rings. The maximum absolute atomic E-state index is 13.9. The van der Waals surface area contributed by atoms with E-state index in [0.717, 1.165) is 44.1 Å². The van der Waals surface area contributed by atoms with Crippen LogP contribution in [0.4, 0.5) is 4.79 Å². The zero-order valence-corrected chi connectivity index (χ0v) is 25.3. The molecule has 0 aromatic heterocycles. The number of ether oxygens (including phenoxy) is 3. The summed E-state index contributed by atoms with van der Waals surface area (Å²) in [6.07, 6.45) is 5.08. The summed E-state index contributed by atoms with van der Waals surface area (Å²) in [5.41, 5.74) is 0.569. The molecule has 9 heteroatoms. The van der Waals surface area contributed by atoms with Crippen LogP contribution in [0.1, 0.15) is 65.7 Å². The largest absolute Gasteiger partial charge is 0.506 e. The summed E-state index contributed by atoms with van der Waals surface area (Å²) in [7, 11) is 4.04. The number of carboxylic acids is 1. The van der Waals surface area contributed by atoms with Gasteiger partial charge in [0.05, 0.1) is 31.8 Å². The molecule has 3 saturated carbocycles. The molecule has 0 aromatic carbocycles. The lowest BCUT2D eigenvalue weighted by Crippen LogP contribution is -2.64. The van der Waals surface area contributed by atoms with E-state index in [2.05, 4.69) is 25.7 Å². The molecule has 0 aromatic rings. The highest BCUT2D eigenvalue weighted by atomic mass is 16.7. The van der Waals surface area contributed by atoms with Gasteiger partial charge in [-0.15, -0.1) is 0 Å². The number of allylic oxidation sites excluding steroid dienone is 1. The summed E-state index contributed by atoms with van der Waals surface area (Å²) >= 11 is 0. The number of rotatable bonds is 9. The van der Waals surface area contributed by atoms with Crippen molar-refractivity contribution in [3.05, 3.63) is 11.6 Å². The Morgan fingerprint density at radius 3 is 2.54 bits per heavy atom. The lowest BCUT2D eigenvalue weighted by atomic mass is 9.45. The molecular formula is C32H49NO8. The van der Waals surface area contributed by atoms with Gasteiger partial charge in [0.1, 0.15) is 6.10 Å². The highest BCUT2D eigenvalue weighted by molar-refractivity contribution is 5.97. The number of nitrogens with zero attached hydrogens (tertiary/aromatic N) is 1. The van der Waals surface area contributed by atoms with Crippen molar-refractivity contribution in [1.82, 2.24) is 4.90 Å². The Balaban J connectivity index is 1.48. The van der Waals surface area contributed by atoms with Crippen molar-refractivity contribution < 1.29 is 38.8 Å². The molecule has 7 unspecified atom stereocenters. The molecule has 1 aliphatic heterocycles. The van der Waals surface area contributed by atoms with Gasteiger partial charge >= 0.3 is 12.1 Å². The topological polar surface area (TPSA) is 123 Å². The Bertz CT molecular complexity index is 1040. The second kappa shape index (κ2) is 12.0. The third-order valence-corrected chi connectivity index (χ3v) is 11.4. The monoisotopic (exact) mass is 575 g/mol. The van der Waals surface area contributed by atoms with E-state index in [9.17, 15) is 24.6 Å². The first-order valence-electron chi connectivity index (χ1n) is 15.7. The van der Waals surface area contributed by atoms with Crippen LogP contribution >= 0.6 is 0 Å². The molecule has 9 nitrogen and oxygen atoms in total. The van der Waals surface area contributed by atoms with Crippen molar-refractivity contribution in [3.8, 4) is 0 Å². The first-order chi connectivity index (χ1) is 19.5. The molecule has 4 aliphatic carbocycles. The number of carbonyl (C=O) groups is 3. The summed E-state index contributed by atoms with van der Waals surface area (Å²) in [5.74, 6) is -1.39. The Morgan fingerprint density at radius 1 is 1.15 bits per heavy atom. The van der Waals surface area contributed by atoms with E-state index in [1.807, 2.05) is 14.1 Å². The quantitative estimate of drug-likeness (QED) is 0.376. The van der Waals surface area contributed by atoms with Gasteiger partial charge in [-0.25, -0.2) is 4.79 Å². The van der Waals surface area contributed by atoms with Crippen molar-refractivity contribution in [2.45, 2.75) is 84.0 Å². The van der Waals surface area contributed by atoms with Gasteiger partial charge in [-0.2, -0.15) is 0 Å². The zero-order chi connectivity index (χ0) is 29.6. The summed E-state index contributed by atoms with van der Waals surface area (Å²) in [5, 5.41) is 20.0. The molecule has 41 heavy (non-hydrogen) atoms. The van der Waals surface area contributed by atoms with Gasteiger partial charge < -0.3 is 29.3 Å². The number of carboxylic acid groups (broad SMARTS) is 2. The Morgan fingerprint density at radius 2 is 1.90 bits per heavy atom. The maximum Gasteiger partial charge on any atom is 0.506 e. The van der Waals surface area contributed by atoms with Crippen molar-refractivity contribution in [2.75, 3.05) is 33.9 Å². The van der Waals surface area contributed by atoms with E-state index in [4.69, 9.17) is 14.2 Å². The number of aliphatic carboxylic acids is 1. The van der Waals surface area contributed by atoms with Gasteiger partial charge in [0.25, 0.3) is 0 Å². The van der Waals surface area contributed by atoms with Crippen molar-refractivity contribution >= 4 is 17.9 Å².